The van der Waals surface area contributed by atoms with Crippen LogP contribution < -0.4 is 0 Å². The molecule has 0 saturated carbocycles. The van der Waals surface area contributed by atoms with Crippen molar-refractivity contribution in [1.29, 1.82) is 0 Å². The summed E-state index contributed by atoms with van der Waals surface area (Å²) in [4.78, 5) is 0. The number of hydrogen-bond donors (Lipinski definition) is 0. The lowest BCUT2D eigenvalue weighted by atomic mass is 10.2. The van der Waals surface area contributed by atoms with Crippen LogP contribution in [0.2, 0.25) is 0 Å². The minimum atomic E-state index is 1.03. The van der Waals surface area contributed by atoms with Crippen LogP contribution in [0.1, 0.15) is 19.8 Å². The molecule has 2 rings (SSSR count). The minimum Gasteiger partial charge on any atom is -0.265 e. The molecule has 1 heterocycles. The van der Waals surface area contributed by atoms with E-state index in [0.29, 0.717) is 0 Å². The van der Waals surface area contributed by atoms with Gasteiger partial charge < -0.3 is 0 Å². The van der Waals surface area contributed by atoms with Crippen molar-refractivity contribution >= 4 is 33.5 Å². The van der Waals surface area contributed by atoms with Crippen molar-refractivity contribution < 1.29 is 0 Å². The van der Waals surface area contributed by atoms with Crippen LogP contribution in [0.25, 0.3) is 10.9 Å². The van der Waals surface area contributed by atoms with Gasteiger partial charge in [-0.3, -0.25) is 4.68 Å². The molecule has 0 spiro atoms. The Morgan fingerprint density at radius 2 is 2.29 bits per heavy atom. The largest absolute Gasteiger partial charge is 0.265 e. The first-order chi connectivity index (χ1) is 6.81. The van der Waals surface area contributed by atoms with E-state index < -0.39 is 0 Å². The molecule has 0 bridgehead atoms. The van der Waals surface area contributed by atoms with Crippen molar-refractivity contribution in [2.45, 2.75) is 26.3 Å². The first kappa shape index (κ1) is 9.96. The second-order valence-corrected chi connectivity index (χ2v) is 4.67. The Morgan fingerprint density at radius 3 is 3.07 bits per heavy atom. The van der Waals surface area contributed by atoms with Crippen molar-refractivity contribution in [2.75, 3.05) is 0 Å². The molecule has 2 aromatic rings. The topological polar surface area (TPSA) is 17.8 Å². The number of unbranched alkanes of at least 4 members (excludes halogenated alkanes) is 1. The van der Waals surface area contributed by atoms with E-state index >= 15 is 0 Å². The standard InChI is InChI=1S/C11H13IN2/c1-2-3-6-14-11-7-10(12)5-4-9(11)8-13-14/h4-5,7-8H,2-3,6H2,1H3. The Labute approximate surface area is 97.4 Å². The van der Waals surface area contributed by atoms with Gasteiger partial charge in [0.05, 0.1) is 11.7 Å². The molecule has 0 unspecified atom stereocenters. The van der Waals surface area contributed by atoms with E-state index in [9.17, 15) is 0 Å². The summed E-state index contributed by atoms with van der Waals surface area (Å²) in [6, 6.07) is 6.44. The lowest BCUT2D eigenvalue weighted by molar-refractivity contribution is 0.588. The number of aryl methyl sites for hydroxylation is 1. The van der Waals surface area contributed by atoms with Gasteiger partial charge in [0.15, 0.2) is 0 Å². The van der Waals surface area contributed by atoms with Crippen LogP contribution in [-0.4, -0.2) is 9.78 Å². The van der Waals surface area contributed by atoms with Gasteiger partial charge in [-0.05, 0) is 41.1 Å². The molecule has 0 radical (unpaired) electrons. The van der Waals surface area contributed by atoms with Crippen LogP contribution in [0, 0.1) is 3.57 Å². The molecule has 0 atom stereocenters. The summed E-state index contributed by atoms with van der Waals surface area (Å²) < 4.78 is 3.37. The molecular weight excluding hydrogens is 287 g/mol. The molecular formula is C11H13IN2. The van der Waals surface area contributed by atoms with Crippen molar-refractivity contribution in [2.24, 2.45) is 0 Å². The fourth-order valence-corrected chi connectivity index (χ4v) is 2.00. The van der Waals surface area contributed by atoms with E-state index in [1.165, 1.54) is 27.3 Å². The fraction of sp³-hybridized carbons (Fsp3) is 0.364. The average molecular weight is 300 g/mol. The van der Waals surface area contributed by atoms with Gasteiger partial charge in [0, 0.05) is 15.5 Å². The number of halogens is 1. The van der Waals surface area contributed by atoms with Gasteiger partial charge in [-0.1, -0.05) is 19.4 Å². The number of benzene rings is 1. The van der Waals surface area contributed by atoms with E-state index in [-0.39, 0.29) is 0 Å². The highest BCUT2D eigenvalue weighted by Crippen LogP contribution is 2.17. The Kier molecular flexibility index (Phi) is 3.05. The van der Waals surface area contributed by atoms with Gasteiger partial charge in [-0.25, -0.2) is 0 Å². The number of aromatic nitrogens is 2. The molecule has 1 aromatic carbocycles. The van der Waals surface area contributed by atoms with Gasteiger partial charge in [0.1, 0.15) is 0 Å². The highest BCUT2D eigenvalue weighted by molar-refractivity contribution is 14.1. The second kappa shape index (κ2) is 4.29. The quantitative estimate of drug-likeness (QED) is 0.794. The summed E-state index contributed by atoms with van der Waals surface area (Å²) in [5.74, 6) is 0. The zero-order valence-electron chi connectivity index (χ0n) is 8.20. The summed E-state index contributed by atoms with van der Waals surface area (Å²) in [6.07, 6.45) is 4.36. The van der Waals surface area contributed by atoms with Crippen LogP contribution in [0.4, 0.5) is 0 Å². The minimum absolute atomic E-state index is 1.03. The number of nitrogens with zero attached hydrogens (tertiary/aromatic N) is 2. The summed E-state index contributed by atoms with van der Waals surface area (Å²) >= 11 is 2.34. The Morgan fingerprint density at radius 1 is 1.43 bits per heavy atom. The van der Waals surface area contributed by atoms with Crippen LogP contribution in [0.5, 0.6) is 0 Å². The lowest BCUT2D eigenvalue weighted by Gasteiger charge is -2.01. The maximum absolute atomic E-state index is 4.39. The predicted octanol–water partition coefficient (Wildman–Crippen LogP) is 3.44. The highest BCUT2D eigenvalue weighted by Gasteiger charge is 2.01. The van der Waals surface area contributed by atoms with Crippen molar-refractivity contribution in [1.82, 2.24) is 9.78 Å². The van der Waals surface area contributed by atoms with E-state index in [4.69, 9.17) is 0 Å². The lowest BCUT2D eigenvalue weighted by Crippen LogP contribution is -1.99. The smallest absolute Gasteiger partial charge is 0.0692 e. The third kappa shape index (κ3) is 1.92. The van der Waals surface area contributed by atoms with Crippen LogP contribution >= 0.6 is 22.6 Å². The predicted molar refractivity (Wildman–Crippen MR) is 67.4 cm³/mol. The zero-order valence-corrected chi connectivity index (χ0v) is 10.4. The average Bonchev–Trinajstić information content (AvgIpc) is 2.57. The first-order valence-electron chi connectivity index (χ1n) is 4.92. The number of fused-ring (bicyclic) bond motifs is 1. The zero-order chi connectivity index (χ0) is 9.97. The molecule has 2 nitrogen and oxygen atoms in total. The summed E-state index contributed by atoms with van der Waals surface area (Å²) in [5, 5.41) is 5.62. The summed E-state index contributed by atoms with van der Waals surface area (Å²) in [6.45, 7) is 3.23. The molecule has 3 heteroatoms. The Hall–Kier alpha value is -0.580. The highest BCUT2D eigenvalue weighted by atomic mass is 127. The third-order valence-electron chi connectivity index (χ3n) is 2.33. The molecule has 0 N–H and O–H groups in total. The van der Waals surface area contributed by atoms with E-state index in [0.717, 1.165) is 6.54 Å². The van der Waals surface area contributed by atoms with E-state index in [1.807, 2.05) is 6.20 Å². The monoisotopic (exact) mass is 300 g/mol. The number of hydrogen-bond acceptors (Lipinski definition) is 1. The van der Waals surface area contributed by atoms with Crippen molar-refractivity contribution in [3.8, 4) is 0 Å². The van der Waals surface area contributed by atoms with Crippen molar-refractivity contribution in [3.63, 3.8) is 0 Å². The summed E-state index contributed by atoms with van der Waals surface area (Å²) in [7, 11) is 0. The van der Waals surface area contributed by atoms with Gasteiger partial charge in [0.25, 0.3) is 0 Å². The van der Waals surface area contributed by atoms with Crippen LogP contribution in [0.3, 0.4) is 0 Å². The molecule has 74 valence electrons. The Balaban J connectivity index is 2.40. The maximum atomic E-state index is 4.39. The number of rotatable bonds is 3. The molecule has 0 fully saturated rings. The molecule has 0 aliphatic carbocycles. The molecule has 0 amide bonds. The van der Waals surface area contributed by atoms with Gasteiger partial charge >= 0.3 is 0 Å². The molecule has 1 aromatic heterocycles. The third-order valence-corrected chi connectivity index (χ3v) is 3.00. The maximum Gasteiger partial charge on any atom is 0.0692 e. The first-order valence-corrected chi connectivity index (χ1v) is 6.00. The van der Waals surface area contributed by atoms with Crippen molar-refractivity contribution in [3.05, 3.63) is 28.0 Å². The SMILES string of the molecule is CCCCn1ncc2ccc(I)cc21. The molecule has 0 aliphatic heterocycles. The molecule has 0 saturated heterocycles. The Bertz CT molecular complexity index is 434. The van der Waals surface area contributed by atoms with Crippen LogP contribution in [-0.2, 0) is 6.54 Å². The molecule has 0 aliphatic rings. The van der Waals surface area contributed by atoms with E-state index in [1.54, 1.807) is 0 Å². The summed E-state index contributed by atoms with van der Waals surface area (Å²) in [5.41, 5.74) is 1.25. The van der Waals surface area contributed by atoms with Gasteiger partial charge in [-0.2, -0.15) is 5.10 Å². The van der Waals surface area contributed by atoms with Gasteiger partial charge in [-0.15, -0.1) is 0 Å². The second-order valence-electron chi connectivity index (χ2n) is 3.42. The normalized spacial score (nSPS) is 11.0. The van der Waals surface area contributed by atoms with E-state index in [2.05, 4.69) is 57.5 Å². The van der Waals surface area contributed by atoms with Crippen LogP contribution in [0.15, 0.2) is 24.4 Å². The molecule has 14 heavy (non-hydrogen) atoms. The van der Waals surface area contributed by atoms with Gasteiger partial charge in [0.2, 0.25) is 0 Å². The fourth-order valence-electron chi connectivity index (χ4n) is 1.53.